The van der Waals surface area contributed by atoms with Gasteiger partial charge >= 0.3 is 0 Å². The van der Waals surface area contributed by atoms with Crippen molar-refractivity contribution in [3.63, 3.8) is 0 Å². The van der Waals surface area contributed by atoms with Gasteiger partial charge in [0.05, 0.1) is 0 Å². The van der Waals surface area contributed by atoms with E-state index in [1.165, 1.54) is 38.2 Å². The fourth-order valence-corrected chi connectivity index (χ4v) is 7.12. The van der Waals surface area contributed by atoms with Gasteiger partial charge in [0.25, 0.3) is 0 Å². The minimum absolute atomic E-state index is 0.920. The summed E-state index contributed by atoms with van der Waals surface area (Å²) in [5.41, 5.74) is 11.2. The van der Waals surface area contributed by atoms with Crippen LogP contribution in [0.4, 0.5) is 17.1 Å². The molecule has 0 aliphatic heterocycles. The van der Waals surface area contributed by atoms with E-state index in [4.69, 9.17) is 4.42 Å². The highest BCUT2D eigenvalue weighted by molar-refractivity contribution is 5.97. The number of nitrogens with zero attached hydrogens (tertiary/aromatic N) is 1. The maximum absolute atomic E-state index is 6.31. The molecule has 0 N–H and O–H groups in total. The molecule has 0 saturated heterocycles. The first kappa shape index (κ1) is 28.8. The Labute approximate surface area is 286 Å². The van der Waals surface area contributed by atoms with E-state index in [9.17, 15) is 0 Å². The molecule has 0 atom stereocenters. The summed E-state index contributed by atoms with van der Waals surface area (Å²) in [6, 6.07) is 65.1. The Morgan fingerprint density at radius 1 is 0.388 bits per heavy atom. The molecule has 0 spiro atoms. The minimum atomic E-state index is 0.920. The van der Waals surface area contributed by atoms with Crippen molar-refractivity contribution in [3.05, 3.63) is 188 Å². The first-order valence-corrected chi connectivity index (χ1v) is 16.8. The summed E-state index contributed by atoms with van der Waals surface area (Å²) in [5, 5.41) is 6.12. The van der Waals surface area contributed by atoms with Crippen LogP contribution in [0.15, 0.2) is 186 Å². The molecule has 9 aromatic rings. The SMILES string of the molecule is Cc1c(-c2cccc(-c3ccc(N(c4ccc(-c5cccc6ccccc56)cc4)c4ccc5ccccc5c4)cc3)c2)oc2ccccc12. The average Bonchev–Trinajstić information content (AvgIpc) is 3.51. The maximum atomic E-state index is 6.31. The van der Waals surface area contributed by atoms with Crippen molar-refractivity contribution in [3.8, 4) is 33.6 Å². The predicted octanol–water partition coefficient (Wildman–Crippen LogP) is 13.5. The first-order chi connectivity index (χ1) is 24.2. The zero-order valence-corrected chi connectivity index (χ0v) is 27.2. The van der Waals surface area contributed by atoms with Gasteiger partial charge in [0.15, 0.2) is 0 Å². The molecule has 0 amide bonds. The van der Waals surface area contributed by atoms with E-state index >= 15 is 0 Å². The maximum Gasteiger partial charge on any atom is 0.138 e. The van der Waals surface area contributed by atoms with Crippen LogP contribution >= 0.6 is 0 Å². The number of para-hydroxylation sites is 1. The fraction of sp³-hybridized carbons (Fsp3) is 0.0213. The zero-order chi connectivity index (χ0) is 32.7. The summed E-state index contributed by atoms with van der Waals surface area (Å²) >= 11 is 0. The van der Waals surface area contributed by atoms with E-state index < -0.39 is 0 Å². The molecule has 2 heteroatoms. The lowest BCUT2D eigenvalue weighted by molar-refractivity contribution is 0.629. The number of hydrogen-bond acceptors (Lipinski definition) is 2. The van der Waals surface area contributed by atoms with E-state index in [1.807, 2.05) is 12.1 Å². The Bertz CT molecular complexity index is 2610. The van der Waals surface area contributed by atoms with Gasteiger partial charge in [-0.15, -0.1) is 0 Å². The van der Waals surface area contributed by atoms with Gasteiger partial charge in [-0.05, 0) is 99.3 Å². The van der Waals surface area contributed by atoms with Crippen molar-refractivity contribution in [2.24, 2.45) is 0 Å². The Hall–Kier alpha value is -6.38. The summed E-state index contributed by atoms with van der Waals surface area (Å²) in [7, 11) is 0. The predicted molar refractivity (Wildman–Crippen MR) is 207 cm³/mol. The highest BCUT2D eigenvalue weighted by atomic mass is 16.3. The van der Waals surface area contributed by atoms with Crippen molar-refractivity contribution in [2.75, 3.05) is 4.90 Å². The van der Waals surface area contributed by atoms with Crippen LogP contribution in [-0.4, -0.2) is 0 Å². The fourth-order valence-electron chi connectivity index (χ4n) is 7.12. The quantitative estimate of drug-likeness (QED) is 0.182. The van der Waals surface area contributed by atoms with Crippen LogP contribution in [0.5, 0.6) is 0 Å². The van der Waals surface area contributed by atoms with Crippen LogP contribution in [0.1, 0.15) is 5.56 Å². The smallest absolute Gasteiger partial charge is 0.138 e. The standard InChI is InChI=1S/C47H33NO/c1-32-43-16-6-7-19-46(43)49-47(32)39-15-8-14-37(30-39)34-20-25-40(26-21-34)48(42-29-22-33-10-2-3-12-38(33)31-42)41-27-23-36(24-28-41)45-18-9-13-35-11-4-5-17-44(35)45/h2-31H,1H3. The van der Waals surface area contributed by atoms with Crippen LogP contribution in [0.2, 0.25) is 0 Å². The summed E-state index contributed by atoms with van der Waals surface area (Å²) in [5.74, 6) is 0.925. The molecule has 1 aromatic heterocycles. The third-order valence-corrected chi connectivity index (χ3v) is 9.64. The van der Waals surface area contributed by atoms with Crippen molar-refractivity contribution in [1.29, 1.82) is 0 Å². The number of aryl methyl sites for hydroxylation is 1. The van der Waals surface area contributed by atoms with Crippen molar-refractivity contribution in [2.45, 2.75) is 6.92 Å². The van der Waals surface area contributed by atoms with Gasteiger partial charge in [-0.1, -0.05) is 133 Å². The van der Waals surface area contributed by atoms with Crippen molar-refractivity contribution in [1.82, 2.24) is 0 Å². The van der Waals surface area contributed by atoms with E-state index in [1.54, 1.807) is 0 Å². The summed E-state index contributed by atoms with van der Waals surface area (Å²) in [6.07, 6.45) is 0. The van der Waals surface area contributed by atoms with E-state index in [0.29, 0.717) is 0 Å². The number of hydrogen-bond donors (Lipinski definition) is 0. The summed E-state index contributed by atoms with van der Waals surface area (Å²) < 4.78 is 6.31. The van der Waals surface area contributed by atoms with Crippen LogP contribution < -0.4 is 4.90 Å². The third-order valence-electron chi connectivity index (χ3n) is 9.64. The van der Waals surface area contributed by atoms with Crippen LogP contribution in [0.25, 0.3) is 66.1 Å². The summed E-state index contributed by atoms with van der Waals surface area (Å²) in [6.45, 7) is 2.14. The van der Waals surface area contributed by atoms with Gasteiger partial charge in [0, 0.05) is 33.6 Å². The largest absolute Gasteiger partial charge is 0.456 e. The molecule has 0 radical (unpaired) electrons. The van der Waals surface area contributed by atoms with Crippen LogP contribution in [-0.2, 0) is 0 Å². The van der Waals surface area contributed by atoms with Crippen molar-refractivity contribution >= 4 is 49.6 Å². The Kier molecular flexibility index (Phi) is 7.06. The van der Waals surface area contributed by atoms with Gasteiger partial charge < -0.3 is 9.32 Å². The summed E-state index contributed by atoms with van der Waals surface area (Å²) in [4.78, 5) is 2.34. The zero-order valence-electron chi connectivity index (χ0n) is 27.2. The Morgan fingerprint density at radius 2 is 0.980 bits per heavy atom. The lowest BCUT2D eigenvalue weighted by atomic mass is 9.98. The molecule has 2 nitrogen and oxygen atoms in total. The number of anilines is 3. The Balaban J connectivity index is 1.10. The van der Waals surface area contributed by atoms with Crippen LogP contribution in [0.3, 0.4) is 0 Å². The average molecular weight is 628 g/mol. The van der Waals surface area contributed by atoms with Gasteiger partial charge in [0.1, 0.15) is 11.3 Å². The van der Waals surface area contributed by atoms with Crippen LogP contribution in [0, 0.1) is 6.92 Å². The molecule has 0 saturated carbocycles. The van der Waals surface area contributed by atoms with Gasteiger partial charge in [-0.25, -0.2) is 0 Å². The second-order valence-corrected chi connectivity index (χ2v) is 12.6. The molecular formula is C47H33NO. The molecule has 0 fully saturated rings. The lowest BCUT2D eigenvalue weighted by Gasteiger charge is -2.26. The number of fused-ring (bicyclic) bond motifs is 3. The number of benzene rings is 8. The molecule has 9 rings (SSSR count). The first-order valence-electron chi connectivity index (χ1n) is 16.8. The third kappa shape index (κ3) is 5.24. The van der Waals surface area contributed by atoms with Gasteiger partial charge in [-0.2, -0.15) is 0 Å². The number of furan rings is 1. The number of rotatable bonds is 6. The minimum Gasteiger partial charge on any atom is -0.456 e. The highest BCUT2D eigenvalue weighted by Gasteiger charge is 2.16. The van der Waals surface area contributed by atoms with E-state index in [-0.39, 0.29) is 0 Å². The molecule has 8 aromatic carbocycles. The molecule has 0 aliphatic rings. The second-order valence-electron chi connectivity index (χ2n) is 12.6. The molecular weight excluding hydrogens is 595 g/mol. The topological polar surface area (TPSA) is 16.4 Å². The molecule has 232 valence electrons. The van der Waals surface area contributed by atoms with E-state index in [0.717, 1.165) is 50.5 Å². The second kappa shape index (κ2) is 12.0. The molecule has 1 heterocycles. The van der Waals surface area contributed by atoms with E-state index in [2.05, 4.69) is 182 Å². The molecule has 0 unspecified atom stereocenters. The molecule has 0 aliphatic carbocycles. The van der Waals surface area contributed by atoms with Gasteiger partial charge in [-0.3, -0.25) is 0 Å². The van der Waals surface area contributed by atoms with Crippen molar-refractivity contribution < 1.29 is 4.42 Å². The lowest BCUT2D eigenvalue weighted by Crippen LogP contribution is -2.09. The molecule has 49 heavy (non-hydrogen) atoms. The van der Waals surface area contributed by atoms with Gasteiger partial charge in [0.2, 0.25) is 0 Å². The Morgan fingerprint density at radius 3 is 1.76 bits per heavy atom. The highest BCUT2D eigenvalue weighted by Crippen LogP contribution is 2.40. The molecule has 0 bridgehead atoms. The normalized spacial score (nSPS) is 11.4. The monoisotopic (exact) mass is 627 g/mol.